The minimum absolute atomic E-state index is 0.109. The van der Waals surface area contributed by atoms with E-state index in [1.54, 1.807) is 15.8 Å². The minimum Gasteiger partial charge on any atom is -0.336 e. The molecule has 2 aromatic carbocycles. The molecule has 1 saturated heterocycles. The third kappa shape index (κ3) is 4.82. The van der Waals surface area contributed by atoms with Gasteiger partial charge in [0.2, 0.25) is 0 Å². The Balaban J connectivity index is 1.33. The average Bonchev–Trinajstić information content (AvgIpc) is 3.28. The Kier molecular flexibility index (Phi) is 6.32. The van der Waals surface area contributed by atoms with Gasteiger partial charge < -0.3 is 4.90 Å². The summed E-state index contributed by atoms with van der Waals surface area (Å²) in [5.74, 6) is -0.196. The first-order chi connectivity index (χ1) is 14.7. The number of nitrogens with zero attached hydrogens (tertiary/aromatic N) is 4. The quantitative estimate of drug-likeness (QED) is 0.566. The van der Waals surface area contributed by atoms with Gasteiger partial charge in [-0.1, -0.05) is 65.9 Å². The molecule has 0 unspecified atom stereocenters. The van der Waals surface area contributed by atoms with Crippen LogP contribution in [0, 0.1) is 5.92 Å². The van der Waals surface area contributed by atoms with E-state index in [0.717, 1.165) is 25.7 Å². The zero-order chi connectivity index (χ0) is 20.8. The Morgan fingerprint density at radius 2 is 1.73 bits per heavy atom. The summed E-state index contributed by atoms with van der Waals surface area (Å²) in [6.45, 7) is 1.80. The van der Waals surface area contributed by atoms with Gasteiger partial charge in [-0.05, 0) is 31.2 Å². The van der Waals surface area contributed by atoms with Crippen molar-refractivity contribution in [2.75, 3.05) is 13.1 Å². The zero-order valence-electron chi connectivity index (χ0n) is 17.0. The molecule has 0 saturated carbocycles. The highest BCUT2D eigenvalue weighted by molar-refractivity contribution is 5.99. The highest BCUT2D eigenvalue weighted by Gasteiger charge is 2.30. The van der Waals surface area contributed by atoms with E-state index in [1.807, 2.05) is 48.5 Å². The zero-order valence-corrected chi connectivity index (χ0v) is 17.0. The van der Waals surface area contributed by atoms with Crippen molar-refractivity contribution in [3.8, 4) is 0 Å². The van der Waals surface area contributed by atoms with Gasteiger partial charge in [0, 0.05) is 31.1 Å². The summed E-state index contributed by atoms with van der Waals surface area (Å²) in [6.07, 6.45) is 5.23. The number of Topliss-reactive ketones (excluding diaryl/α,β-unsaturated/α-hetero) is 1. The normalized spacial score (nSPS) is 16.4. The molecule has 6 heteroatoms. The molecule has 1 amide bonds. The van der Waals surface area contributed by atoms with Gasteiger partial charge in [-0.25, -0.2) is 0 Å². The van der Waals surface area contributed by atoms with Crippen LogP contribution in [0.2, 0.25) is 0 Å². The Hall–Kier alpha value is -3.28. The SMILES string of the molecule is O=C(c1ccccc1)[C@H]1CCCN(C(=O)c2cn(CCCc3ccccc3)nn2)C1. The maximum absolute atomic E-state index is 12.9. The van der Waals surface area contributed by atoms with Gasteiger partial charge >= 0.3 is 0 Å². The van der Waals surface area contributed by atoms with Crippen LogP contribution in [0.3, 0.4) is 0 Å². The summed E-state index contributed by atoms with van der Waals surface area (Å²) in [5, 5.41) is 8.20. The molecule has 2 heterocycles. The lowest BCUT2D eigenvalue weighted by Gasteiger charge is -2.31. The first-order valence-corrected chi connectivity index (χ1v) is 10.5. The van der Waals surface area contributed by atoms with E-state index in [1.165, 1.54) is 5.56 Å². The molecule has 0 aliphatic carbocycles. The van der Waals surface area contributed by atoms with Crippen LogP contribution in [0.1, 0.15) is 45.7 Å². The van der Waals surface area contributed by atoms with Crippen molar-refractivity contribution in [3.05, 3.63) is 83.7 Å². The maximum Gasteiger partial charge on any atom is 0.276 e. The fraction of sp³-hybridized carbons (Fsp3) is 0.333. The third-order valence-electron chi connectivity index (χ3n) is 5.59. The monoisotopic (exact) mass is 402 g/mol. The second-order valence-corrected chi connectivity index (χ2v) is 7.78. The number of amides is 1. The first-order valence-electron chi connectivity index (χ1n) is 10.5. The molecular formula is C24H26N4O2. The van der Waals surface area contributed by atoms with Crippen LogP contribution in [0.15, 0.2) is 66.9 Å². The van der Waals surface area contributed by atoms with Crippen LogP contribution in [0.4, 0.5) is 0 Å². The molecule has 0 radical (unpaired) electrons. The summed E-state index contributed by atoms with van der Waals surface area (Å²) in [7, 11) is 0. The summed E-state index contributed by atoms with van der Waals surface area (Å²) in [5.41, 5.74) is 2.35. The number of hydrogen-bond acceptors (Lipinski definition) is 4. The Morgan fingerprint density at radius 3 is 2.50 bits per heavy atom. The lowest BCUT2D eigenvalue weighted by Crippen LogP contribution is -2.42. The molecule has 1 aromatic heterocycles. The Bertz CT molecular complexity index is 985. The van der Waals surface area contributed by atoms with Gasteiger partial charge in [-0.15, -0.1) is 5.10 Å². The van der Waals surface area contributed by atoms with E-state index >= 15 is 0 Å². The van der Waals surface area contributed by atoms with Gasteiger partial charge in [-0.3, -0.25) is 14.3 Å². The molecule has 1 aliphatic rings. The number of piperidine rings is 1. The number of carbonyl (C=O) groups is 2. The fourth-order valence-corrected chi connectivity index (χ4v) is 3.97. The molecule has 30 heavy (non-hydrogen) atoms. The van der Waals surface area contributed by atoms with Gasteiger partial charge in [0.1, 0.15) is 0 Å². The molecule has 4 rings (SSSR count). The number of aryl methyl sites for hydroxylation is 2. The first kappa shape index (κ1) is 20.0. The summed E-state index contributed by atoms with van der Waals surface area (Å²) < 4.78 is 1.73. The van der Waals surface area contributed by atoms with Crippen LogP contribution < -0.4 is 0 Å². The highest BCUT2D eigenvalue weighted by Crippen LogP contribution is 2.22. The maximum atomic E-state index is 12.9. The number of hydrogen-bond donors (Lipinski definition) is 0. The minimum atomic E-state index is -0.161. The standard InChI is InChI=1S/C24H26N4O2/c29-23(20-12-5-2-6-13-20)21-14-8-15-27(17-21)24(30)22-18-28(26-25-22)16-7-11-19-9-3-1-4-10-19/h1-6,9-10,12-13,18,21H,7-8,11,14-17H2/t21-/m0/s1. The van der Waals surface area contributed by atoms with Crippen molar-refractivity contribution in [3.63, 3.8) is 0 Å². The van der Waals surface area contributed by atoms with Crippen LogP contribution in [-0.2, 0) is 13.0 Å². The second-order valence-electron chi connectivity index (χ2n) is 7.78. The number of benzene rings is 2. The molecular weight excluding hydrogens is 376 g/mol. The summed E-state index contributed by atoms with van der Waals surface area (Å²) >= 11 is 0. The van der Waals surface area contributed by atoms with E-state index in [0.29, 0.717) is 30.9 Å². The van der Waals surface area contributed by atoms with Crippen molar-refractivity contribution >= 4 is 11.7 Å². The molecule has 1 atom stereocenters. The molecule has 3 aromatic rings. The highest BCUT2D eigenvalue weighted by atomic mass is 16.2. The molecule has 1 aliphatic heterocycles. The lowest BCUT2D eigenvalue weighted by atomic mass is 9.90. The van der Waals surface area contributed by atoms with Crippen molar-refractivity contribution in [2.24, 2.45) is 5.92 Å². The van der Waals surface area contributed by atoms with Crippen LogP contribution in [-0.4, -0.2) is 44.7 Å². The molecule has 154 valence electrons. The van der Waals surface area contributed by atoms with E-state index in [-0.39, 0.29) is 17.6 Å². The van der Waals surface area contributed by atoms with Gasteiger partial charge in [0.05, 0.1) is 6.20 Å². The van der Waals surface area contributed by atoms with Gasteiger partial charge in [0.25, 0.3) is 5.91 Å². The Labute approximate surface area is 176 Å². The summed E-state index contributed by atoms with van der Waals surface area (Å²) in [6, 6.07) is 19.6. The molecule has 1 fully saturated rings. The molecule has 0 N–H and O–H groups in total. The third-order valence-corrected chi connectivity index (χ3v) is 5.59. The predicted molar refractivity (Wildman–Crippen MR) is 114 cm³/mol. The number of rotatable bonds is 7. The fourth-order valence-electron chi connectivity index (χ4n) is 3.97. The predicted octanol–water partition coefficient (Wildman–Crippen LogP) is 3.65. The largest absolute Gasteiger partial charge is 0.336 e. The molecule has 0 spiro atoms. The number of likely N-dealkylation sites (tertiary alicyclic amines) is 1. The van der Waals surface area contributed by atoms with Crippen molar-refractivity contribution < 1.29 is 9.59 Å². The molecule has 6 nitrogen and oxygen atoms in total. The van der Waals surface area contributed by atoms with E-state index in [2.05, 4.69) is 22.4 Å². The van der Waals surface area contributed by atoms with Gasteiger partial charge in [-0.2, -0.15) is 0 Å². The summed E-state index contributed by atoms with van der Waals surface area (Å²) in [4.78, 5) is 27.4. The smallest absolute Gasteiger partial charge is 0.276 e. The van der Waals surface area contributed by atoms with E-state index < -0.39 is 0 Å². The lowest BCUT2D eigenvalue weighted by molar-refractivity contribution is 0.0632. The van der Waals surface area contributed by atoms with E-state index in [9.17, 15) is 9.59 Å². The van der Waals surface area contributed by atoms with E-state index in [4.69, 9.17) is 0 Å². The van der Waals surface area contributed by atoms with Crippen LogP contribution in [0.5, 0.6) is 0 Å². The van der Waals surface area contributed by atoms with Crippen molar-refractivity contribution in [1.29, 1.82) is 0 Å². The second kappa shape index (κ2) is 9.48. The molecule has 0 bridgehead atoms. The van der Waals surface area contributed by atoms with Crippen LogP contribution in [0.25, 0.3) is 0 Å². The number of carbonyl (C=O) groups excluding carboxylic acids is 2. The van der Waals surface area contributed by atoms with Crippen molar-refractivity contribution in [2.45, 2.75) is 32.2 Å². The van der Waals surface area contributed by atoms with Crippen molar-refractivity contribution in [1.82, 2.24) is 19.9 Å². The number of ketones is 1. The average molecular weight is 402 g/mol. The Morgan fingerprint density at radius 1 is 1.00 bits per heavy atom. The number of aromatic nitrogens is 3. The van der Waals surface area contributed by atoms with Gasteiger partial charge in [0.15, 0.2) is 11.5 Å². The topological polar surface area (TPSA) is 68.1 Å². The van der Waals surface area contributed by atoms with Crippen LogP contribution >= 0.6 is 0 Å².